The summed E-state index contributed by atoms with van der Waals surface area (Å²) in [6, 6.07) is 1.28. The van der Waals surface area contributed by atoms with Gasteiger partial charge in [-0.25, -0.2) is 0 Å². The molecule has 0 rings (SSSR count). The number of nitrogens with zero attached hydrogens (tertiary/aromatic N) is 1. The normalized spacial score (nSPS) is 14.9. The van der Waals surface area contributed by atoms with Crippen molar-refractivity contribution in [2.75, 3.05) is 6.17 Å². The van der Waals surface area contributed by atoms with Gasteiger partial charge in [0.15, 0.2) is 0 Å². The van der Waals surface area contributed by atoms with Crippen LogP contribution in [0, 0.1) is 0 Å². The van der Waals surface area contributed by atoms with Crippen molar-refractivity contribution >= 4 is 8.07 Å². The molecular weight excluding hydrogens is 222 g/mol. The molecule has 2 heteroatoms. The molecule has 0 aliphatic carbocycles. The molecule has 0 aromatic rings. The first-order chi connectivity index (χ1) is 7.40. The second-order valence-corrected chi connectivity index (χ2v) is 12.9. The average molecular weight is 256 g/mol. The summed E-state index contributed by atoms with van der Waals surface area (Å²) < 4.78 is 0. The van der Waals surface area contributed by atoms with Crippen LogP contribution in [-0.4, -0.2) is 30.2 Å². The zero-order valence-corrected chi connectivity index (χ0v) is 14.5. The van der Waals surface area contributed by atoms with E-state index in [0.29, 0.717) is 0 Å². The third-order valence-electron chi connectivity index (χ3n) is 3.11. The lowest BCUT2D eigenvalue weighted by atomic mass is 9.97. The van der Waals surface area contributed by atoms with Crippen LogP contribution in [0.3, 0.4) is 0 Å². The largest absolute Gasteiger partial charge is 0.296 e. The Hall–Kier alpha value is -0.0831. The zero-order chi connectivity index (χ0) is 13.9. The highest BCUT2D eigenvalue weighted by Crippen LogP contribution is 2.27. The molecule has 17 heavy (non-hydrogen) atoms. The van der Waals surface area contributed by atoms with Crippen molar-refractivity contribution < 1.29 is 0 Å². The Morgan fingerprint density at radius 1 is 0.941 bits per heavy atom. The lowest BCUT2D eigenvalue weighted by Crippen LogP contribution is -2.58. The minimum Gasteiger partial charge on any atom is -0.296 e. The van der Waals surface area contributed by atoms with Gasteiger partial charge >= 0.3 is 0 Å². The van der Waals surface area contributed by atoms with Crippen molar-refractivity contribution in [1.82, 2.24) is 4.90 Å². The molecule has 0 unspecified atom stereocenters. The Morgan fingerprint density at radius 2 is 1.35 bits per heavy atom. The topological polar surface area (TPSA) is 3.24 Å². The van der Waals surface area contributed by atoms with E-state index in [-0.39, 0.29) is 11.1 Å². The van der Waals surface area contributed by atoms with Crippen LogP contribution in [0.5, 0.6) is 0 Å². The molecule has 0 aliphatic heterocycles. The second-order valence-electron chi connectivity index (χ2n) is 7.87. The minimum absolute atomic E-state index is 0.248. The van der Waals surface area contributed by atoms with Crippen molar-refractivity contribution in [3.8, 4) is 0 Å². The minimum atomic E-state index is -1.17. The van der Waals surface area contributed by atoms with Gasteiger partial charge in [-0.1, -0.05) is 25.2 Å². The Balaban J connectivity index is 4.89. The molecule has 0 heterocycles. The predicted octanol–water partition coefficient (Wildman–Crippen LogP) is 4.71. The molecule has 0 fully saturated rings. The van der Waals surface area contributed by atoms with Crippen molar-refractivity contribution in [3.63, 3.8) is 0 Å². The molecule has 0 saturated heterocycles. The van der Waals surface area contributed by atoms with Gasteiger partial charge < -0.3 is 0 Å². The summed E-state index contributed by atoms with van der Waals surface area (Å²) in [6.45, 7) is 21.1. The number of allylic oxidation sites excluding steroid dienone is 2. The fourth-order valence-corrected chi connectivity index (χ4v) is 5.22. The van der Waals surface area contributed by atoms with Gasteiger partial charge in [-0.2, -0.15) is 0 Å². The Kier molecular flexibility index (Phi) is 5.68. The zero-order valence-electron chi connectivity index (χ0n) is 13.5. The van der Waals surface area contributed by atoms with E-state index in [1.54, 1.807) is 0 Å². The van der Waals surface area contributed by atoms with Crippen molar-refractivity contribution in [2.24, 2.45) is 0 Å². The molecule has 0 saturated carbocycles. The fraction of sp³-hybridized carbons (Fsp3) is 0.867. The van der Waals surface area contributed by atoms with E-state index in [1.807, 2.05) is 0 Å². The van der Waals surface area contributed by atoms with E-state index in [0.717, 1.165) is 0 Å². The fourth-order valence-electron chi connectivity index (χ4n) is 2.41. The van der Waals surface area contributed by atoms with E-state index >= 15 is 0 Å². The monoisotopic (exact) mass is 255 g/mol. The first-order valence-corrected chi connectivity index (χ1v) is 10.2. The molecule has 0 spiro atoms. The van der Waals surface area contributed by atoms with Gasteiger partial charge in [0.05, 0.1) is 8.07 Å². The first kappa shape index (κ1) is 16.9. The van der Waals surface area contributed by atoms with Crippen LogP contribution in [-0.2, 0) is 0 Å². The molecule has 1 nitrogen and oxygen atoms in total. The Labute approximate surface area is 110 Å². The van der Waals surface area contributed by atoms with Crippen LogP contribution in [0.4, 0.5) is 0 Å². The molecule has 0 N–H and O–H groups in total. The van der Waals surface area contributed by atoms with Crippen LogP contribution in [0.1, 0.15) is 48.5 Å². The molecular formula is C15H33NSi. The first-order valence-electron chi connectivity index (χ1n) is 6.79. The van der Waals surface area contributed by atoms with E-state index < -0.39 is 8.07 Å². The standard InChI is InChI=1S/C15H33NSi/c1-10-11-12-17(8,9)13-16(14(2,3)4)15(5,6)7/h10-11H,12-13H2,1-9H3/b11-10+. The molecule has 0 bridgehead atoms. The SMILES string of the molecule is C/C=C/C[Si](C)(C)CN(C(C)(C)C)C(C)(C)C. The summed E-state index contributed by atoms with van der Waals surface area (Å²) in [6.07, 6.45) is 5.80. The highest BCUT2D eigenvalue weighted by molar-refractivity contribution is 6.78. The summed E-state index contributed by atoms with van der Waals surface area (Å²) >= 11 is 0. The average Bonchev–Trinajstić information content (AvgIpc) is 2.08. The van der Waals surface area contributed by atoms with Gasteiger partial charge in [0.2, 0.25) is 0 Å². The van der Waals surface area contributed by atoms with Crippen LogP contribution >= 0.6 is 0 Å². The molecule has 102 valence electrons. The van der Waals surface area contributed by atoms with Crippen LogP contribution in [0.25, 0.3) is 0 Å². The predicted molar refractivity (Wildman–Crippen MR) is 83.3 cm³/mol. The van der Waals surface area contributed by atoms with Gasteiger partial charge in [0.1, 0.15) is 0 Å². The van der Waals surface area contributed by atoms with Crippen LogP contribution in [0.2, 0.25) is 19.1 Å². The molecule has 0 amide bonds. The quantitative estimate of drug-likeness (QED) is 0.519. The maximum atomic E-state index is 2.68. The summed E-state index contributed by atoms with van der Waals surface area (Å²) in [5.41, 5.74) is 0.497. The Morgan fingerprint density at radius 3 is 1.65 bits per heavy atom. The maximum absolute atomic E-state index is 2.68. The summed E-state index contributed by atoms with van der Waals surface area (Å²) in [5, 5.41) is 0. The number of hydrogen-bond acceptors (Lipinski definition) is 1. The van der Waals surface area contributed by atoms with Gasteiger partial charge in [0, 0.05) is 11.1 Å². The van der Waals surface area contributed by atoms with Crippen molar-refractivity contribution in [1.29, 1.82) is 0 Å². The highest BCUT2D eigenvalue weighted by atomic mass is 28.3. The number of rotatable bonds is 4. The third-order valence-corrected chi connectivity index (χ3v) is 5.62. The molecule has 0 atom stereocenters. The summed E-state index contributed by atoms with van der Waals surface area (Å²) in [7, 11) is -1.17. The highest BCUT2D eigenvalue weighted by Gasteiger charge is 2.35. The van der Waals surface area contributed by atoms with Crippen LogP contribution < -0.4 is 0 Å². The summed E-state index contributed by atoms with van der Waals surface area (Å²) in [4.78, 5) is 2.68. The van der Waals surface area contributed by atoms with Crippen molar-refractivity contribution in [3.05, 3.63) is 12.2 Å². The number of hydrogen-bond donors (Lipinski definition) is 0. The van der Waals surface area contributed by atoms with Gasteiger partial charge in [-0.15, -0.1) is 0 Å². The van der Waals surface area contributed by atoms with Crippen molar-refractivity contribution in [2.45, 2.75) is 78.7 Å². The maximum Gasteiger partial charge on any atom is 0.0667 e. The lowest BCUT2D eigenvalue weighted by Gasteiger charge is -2.48. The van der Waals surface area contributed by atoms with Gasteiger partial charge in [-0.3, -0.25) is 4.90 Å². The summed E-state index contributed by atoms with van der Waals surface area (Å²) in [5.74, 6) is 0. The smallest absolute Gasteiger partial charge is 0.0667 e. The van der Waals surface area contributed by atoms with Gasteiger partial charge in [0.25, 0.3) is 0 Å². The van der Waals surface area contributed by atoms with E-state index in [1.165, 1.54) is 12.2 Å². The van der Waals surface area contributed by atoms with Crippen LogP contribution in [0.15, 0.2) is 12.2 Å². The lowest BCUT2D eigenvalue weighted by molar-refractivity contribution is 0.0571. The molecule has 0 aliphatic rings. The Bertz CT molecular complexity index is 239. The molecule has 0 radical (unpaired) electrons. The molecule has 0 aromatic carbocycles. The van der Waals surface area contributed by atoms with E-state index in [2.05, 4.69) is 78.6 Å². The third kappa shape index (κ3) is 6.42. The van der Waals surface area contributed by atoms with E-state index in [4.69, 9.17) is 0 Å². The van der Waals surface area contributed by atoms with E-state index in [9.17, 15) is 0 Å². The molecule has 0 aromatic heterocycles. The van der Waals surface area contributed by atoms with Gasteiger partial charge in [-0.05, 0) is 60.7 Å². The second kappa shape index (κ2) is 5.70.